The molecule has 1 aromatic rings. The summed E-state index contributed by atoms with van der Waals surface area (Å²) in [6.45, 7) is 0.640. The third-order valence-corrected chi connectivity index (χ3v) is 4.15. The van der Waals surface area contributed by atoms with Crippen molar-refractivity contribution in [2.24, 2.45) is 11.8 Å². The number of aromatic carboxylic acids is 1. The van der Waals surface area contributed by atoms with Crippen LogP contribution in [0.25, 0.3) is 0 Å². The zero-order chi connectivity index (χ0) is 11.8. The van der Waals surface area contributed by atoms with Crippen molar-refractivity contribution in [3.05, 3.63) is 23.7 Å². The van der Waals surface area contributed by atoms with E-state index in [0.29, 0.717) is 18.3 Å². The maximum Gasteiger partial charge on any atom is 0.371 e. The number of furan rings is 1. The van der Waals surface area contributed by atoms with Crippen molar-refractivity contribution in [2.45, 2.75) is 38.3 Å². The molecule has 4 nitrogen and oxygen atoms in total. The summed E-state index contributed by atoms with van der Waals surface area (Å²) in [4.78, 5) is 10.7. The number of hydrogen-bond donors (Lipinski definition) is 2. The highest BCUT2D eigenvalue weighted by molar-refractivity contribution is 5.84. The van der Waals surface area contributed by atoms with Gasteiger partial charge < -0.3 is 14.8 Å². The lowest BCUT2D eigenvalue weighted by atomic mass is 9.95. The van der Waals surface area contributed by atoms with E-state index >= 15 is 0 Å². The summed E-state index contributed by atoms with van der Waals surface area (Å²) in [6.07, 6.45) is 5.39. The molecule has 92 valence electrons. The van der Waals surface area contributed by atoms with Gasteiger partial charge in [0.2, 0.25) is 5.76 Å². The van der Waals surface area contributed by atoms with Crippen LogP contribution in [-0.2, 0) is 6.54 Å². The molecular formula is C13H17NO3. The molecule has 4 heteroatoms. The molecule has 1 heterocycles. The number of nitrogens with one attached hydrogen (secondary N) is 1. The van der Waals surface area contributed by atoms with Crippen LogP contribution in [0.1, 0.15) is 42.0 Å². The Hall–Kier alpha value is -1.29. The molecule has 0 radical (unpaired) electrons. The largest absolute Gasteiger partial charge is 0.475 e. The van der Waals surface area contributed by atoms with Gasteiger partial charge in [0.25, 0.3) is 0 Å². The Morgan fingerprint density at radius 2 is 2.29 bits per heavy atom. The summed E-state index contributed by atoms with van der Waals surface area (Å²) in [5.41, 5.74) is 0. The third-order valence-electron chi connectivity index (χ3n) is 4.15. The van der Waals surface area contributed by atoms with Crippen molar-refractivity contribution in [3.8, 4) is 0 Å². The number of carboxylic acids is 1. The predicted molar refractivity (Wildman–Crippen MR) is 61.7 cm³/mol. The van der Waals surface area contributed by atoms with Gasteiger partial charge in [0.1, 0.15) is 5.76 Å². The van der Waals surface area contributed by atoms with Gasteiger partial charge in [0, 0.05) is 6.04 Å². The van der Waals surface area contributed by atoms with Crippen LogP contribution in [0.3, 0.4) is 0 Å². The SMILES string of the molecule is O=C(O)c1ccc(CNC2CC3CCC2C3)o1. The summed E-state index contributed by atoms with van der Waals surface area (Å²) in [5, 5.41) is 12.2. The van der Waals surface area contributed by atoms with Crippen LogP contribution >= 0.6 is 0 Å². The number of hydrogen-bond acceptors (Lipinski definition) is 3. The van der Waals surface area contributed by atoms with Crippen molar-refractivity contribution in [3.63, 3.8) is 0 Å². The molecule has 0 aliphatic heterocycles. The molecule has 2 fully saturated rings. The molecule has 0 saturated heterocycles. The van der Waals surface area contributed by atoms with E-state index in [1.807, 2.05) is 0 Å². The third kappa shape index (κ3) is 2.09. The standard InChI is InChI=1S/C13H17NO3/c15-13(16)12-4-3-10(17-12)7-14-11-6-8-1-2-9(11)5-8/h3-4,8-9,11,14H,1-2,5-7H2,(H,15,16). The second kappa shape index (κ2) is 4.18. The first kappa shape index (κ1) is 10.8. The zero-order valence-corrected chi connectivity index (χ0v) is 9.69. The summed E-state index contributed by atoms with van der Waals surface area (Å²) in [5.74, 6) is 1.48. The molecule has 3 atom stereocenters. The Kier molecular flexibility index (Phi) is 2.67. The molecular weight excluding hydrogens is 218 g/mol. The van der Waals surface area contributed by atoms with Gasteiger partial charge in [-0.05, 0) is 43.2 Å². The first-order chi connectivity index (χ1) is 8.22. The Morgan fingerprint density at radius 3 is 2.88 bits per heavy atom. The maximum atomic E-state index is 10.7. The van der Waals surface area contributed by atoms with Gasteiger partial charge in [-0.3, -0.25) is 0 Å². The summed E-state index contributed by atoms with van der Waals surface area (Å²) in [7, 11) is 0. The molecule has 0 aromatic carbocycles. The molecule has 2 aliphatic rings. The molecule has 3 unspecified atom stereocenters. The first-order valence-electron chi connectivity index (χ1n) is 6.28. The van der Waals surface area contributed by atoms with Crippen molar-refractivity contribution in [2.75, 3.05) is 0 Å². The van der Waals surface area contributed by atoms with Gasteiger partial charge in [0.05, 0.1) is 6.54 Å². The topological polar surface area (TPSA) is 62.5 Å². The minimum Gasteiger partial charge on any atom is -0.475 e. The number of carboxylic acid groups (broad SMARTS) is 1. The second-order valence-electron chi connectivity index (χ2n) is 5.23. The van der Waals surface area contributed by atoms with Gasteiger partial charge in [-0.15, -0.1) is 0 Å². The van der Waals surface area contributed by atoms with E-state index < -0.39 is 5.97 Å². The Morgan fingerprint density at radius 1 is 1.41 bits per heavy atom. The van der Waals surface area contributed by atoms with Crippen LogP contribution in [0.2, 0.25) is 0 Å². The number of fused-ring (bicyclic) bond motifs is 2. The number of rotatable bonds is 4. The lowest BCUT2D eigenvalue weighted by Crippen LogP contribution is -2.33. The van der Waals surface area contributed by atoms with E-state index in [-0.39, 0.29) is 5.76 Å². The van der Waals surface area contributed by atoms with Crippen LogP contribution in [0.5, 0.6) is 0 Å². The van der Waals surface area contributed by atoms with E-state index in [4.69, 9.17) is 9.52 Å². The Balaban J connectivity index is 1.55. The van der Waals surface area contributed by atoms with E-state index in [1.165, 1.54) is 31.7 Å². The van der Waals surface area contributed by atoms with Crippen LogP contribution < -0.4 is 5.32 Å². The molecule has 17 heavy (non-hydrogen) atoms. The molecule has 2 bridgehead atoms. The summed E-state index contributed by atoms with van der Waals surface area (Å²) >= 11 is 0. The van der Waals surface area contributed by atoms with Crippen LogP contribution in [0.15, 0.2) is 16.5 Å². The highest BCUT2D eigenvalue weighted by atomic mass is 16.4. The summed E-state index contributed by atoms with van der Waals surface area (Å²) < 4.78 is 5.22. The first-order valence-corrected chi connectivity index (χ1v) is 6.28. The predicted octanol–water partition coefficient (Wildman–Crippen LogP) is 2.26. The maximum absolute atomic E-state index is 10.7. The normalized spacial score (nSPS) is 30.9. The fourth-order valence-electron chi connectivity index (χ4n) is 3.31. The highest BCUT2D eigenvalue weighted by Crippen LogP contribution is 2.44. The number of carbonyl (C=O) groups is 1. The van der Waals surface area contributed by atoms with Crippen LogP contribution in [0, 0.1) is 11.8 Å². The van der Waals surface area contributed by atoms with Crippen molar-refractivity contribution < 1.29 is 14.3 Å². The zero-order valence-electron chi connectivity index (χ0n) is 9.69. The second-order valence-corrected chi connectivity index (χ2v) is 5.23. The molecule has 1 aromatic heterocycles. The minimum absolute atomic E-state index is 0.0229. The minimum atomic E-state index is -1.00. The van der Waals surface area contributed by atoms with Crippen LogP contribution in [-0.4, -0.2) is 17.1 Å². The van der Waals surface area contributed by atoms with Gasteiger partial charge in [-0.2, -0.15) is 0 Å². The molecule has 2 aliphatic carbocycles. The quantitative estimate of drug-likeness (QED) is 0.840. The fraction of sp³-hybridized carbons (Fsp3) is 0.615. The van der Waals surface area contributed by atoms with Crippen molar-refractivity contribution >= 4 is 5.97 Å². The molecule has 2 saturated carbocycles. The monoisotopic (exact) mass is 235 g/mol. The van der Waals surface area contributed by atoms with E-state index in [1.54, 1.807) is 6.07 Å². The summed E-state index contributed by atoms with van der Waals surface area (Å²) in [6, 6.07) is 3.86. The van der Waals surface area contributed by atoms with Gasteiger partial charge >= 0.3 is 5.97 Å². The molecule has 0 spiro atoms. The van der Waals surface area contributed by atoms with Crippen molar-refractivity contribution in [1.29, 1.82) is 0 Å². The lowest BCUT2D eigenvalue weighted by Gasteiger charge is -2.22. The van der Waals surface area contributed by atoms with E-state index in [2.05, 4.69) is 5.32 Å². The van der Waals surface area contributed by atoms with E-state index in [9.17, 15) is 4.79 Å². The van der Waals surface area contributed by atoms with Crippen LogP contribution in [0.4, 0.5) is 0 Å². The van der Waals surface area contributed by atoms with E-state index in [0.717, 1.165) is 11.8 Å². The molecule has 0 amide bonds. The smallest absolute Gasteiger partial charge is 0.371 e. The average Bonchev–Trinajstić information content (AvgIpc) is 3.02. The van der Waals surface area contributed by atoms with Crippen molar-refractivity contribution in [1.82, 2.24) is 5.32 Å². The van der Waals surface area contributed by atoms with Gasteiger partial charge in [0.15, 0.2) is 0 Å². The molecule has 2 N–H and O–H groups in total. The fourth-order valence-corrected chi connectivity index (χ4v) is 3.31. The average molecular weight is 235 g/mol. The highest BCUT2D eigenvalue weighted by Gasteiger charge is 2.39. The lowest BCUT2D eigenvalue weighted by molar-refractivity contribution is 0.0660. The van der Waals surface area contributed by atoms with Gasteiger partial charge in [-0.1, -0.05) is 6.42 Å². The molecule has 3 rings (SSSR count). The Labute approximate surface area is 100 Å². The van der Waals surface area contributed by atoms with Gasteiger partial charge in [-0.25, -0.2) is 4.79 Å². The Bertz CT molecular complexity index is 426.